The van der Waals surface area contributed by atoms with Crippen molar-refractivity contribution in [2.75, 3.05) is 6.54 Å². The molecule has 0 saturated heterocycles. The lowest BCUT2D eigenvalue weighted by molar-refractivity contribution is -0.133. The molecule has 1 atom stereocenters. The van der Waals surface area contributed by atoms with Gasteiger partial charge in [0.05, 0.1) is 10.9 Å². The molecule has 0 fully saturated rings. The predicted octanol–water partition coefficient (Wildman–Crippen LogP) is 5.34. The van der Waals surface area contributed by atoms with E-state index < -0.39 is 0 Å². The van der Waals surface area contributed by atoms with Crippen LogP contribution in [-0.2, 0) is 11.2 Å². The smallest absolute Gasteiger partial charge is 0.223 e. The molecular formula is C22H21NO2S2. The zero-order valence-electron chi connectivity index (χ0n) is 15.0. The van der Waals surface area contributed by atoms with Crippen LogP contribution in [0.4, 0.5) is 0 Å². The van der Waals surface area contributed by atoms with Gasteiger partial charge in [0.1, 0.15) is 0 Å². The summed E-state index contributed by atoms with van der Waals surface area (Å²) in [6.07, 6.45) is 2.36. The Morgan fingerprint density at radius 3 is 2.59 bits per heavy atom. The molecular weight excluding hydrogens is 374 g/mol. The quantitative estimate of drug-likeness (QED) is 0.529. The molecule has 1 aliphatic heterocycles. The van der Waals surface area contributed by atoms with Gasteiger partial charge < -0.3 is 4.90 Å². The van der Waals surface area contributed by atoms with Crippen molar-refractivity contribution in [3.8, 4) is 0 Å². The number of ketones is 1. The Balaban J connectivity index is 1.46. The van der Waals surface area contributed by atoms with Crippen molar-refractivity contribution in [1.29, 1.82) is 0 Å². The summed E-state index contributed by atoms with van der Waals surface area (Å²) in [7, 11) is 0. The van der Waals surface area contributed by atoms with Crippen LogP contribution >= 0.6 is 22.7 Å². The van der Waals surface area contributed by atoms with E-state index in [1.54, 1.807) is 11.3 Å². The highest BCUT2D eigenvalue weighted by Gasteiger charge is 2.32. The number of rotatable bonds is 6. The highest BCUT2D eigenvalue weighted by molar-refractivity contribution is 7.12. The van der Waals surface area contributed by atoms with Gasteiger partial charge in [-0.05, 0) is 46.9 Å². The van der Waals surface area contributed by atoms with E-state index in [4.69, 9.17) is 0 Å². The molecule has 27 heavy (non-hydrogen) atoms. The monoisotopic (exact) mass is 395 g/mol. The minimum Gasteiger partial charge on any atom is -0.331 e. The first-order valence-corrected chi connectivity index (χ1v) is 11.0. The number of fused-ring (bicyclic) bond motifs is 1. The first-order chi connectivity index (χ1) is 13.2. The number of Topliss-reactive ketones (excluding diaryl/α,β-unsaturated/α-hetero) is 1. The average Bonchev–Trinajstić information content (AvgIpc) is 3.39. The Bertz CT molecular complexity index is 915. The average molecular weight is 396 g/mol. The van der Waals surface area contributed by atoms with Crippen molar-refractivity contribution in [3.05, 3.63) is 80.2 Å². The normalized spacial score (nSPS) is 16.1. The van der Waals surface area contributed by atoms with Crippen molar-refractivity contribution < 1.29 is 9.59 Å². The van der Waals surface area contributed by atoms with Gasteiger partial charge in [-0.3, -0.25) is 9.59 Å². The van der Waals surface area contributed by atoms with Gasteiger partial charge in [0.25, 0.3) is 0 Å². The van der Waals surface area contributed by atoms with Crippen molar-refractivity contribution >= 4 is 34.4 Å². The summed E-state index contributed by atoms with van der Waals surface area (Å²) in [5.74, 6) is 0.274. The maximum absolute atomic E-state index is 13.0. The lowest BCUT2D eigenvalue weighted by Crippen LogP contribution is -2.40. The molecule has 1 aromatic carbocycles. The van der Waals surface area contributed by atoms with Crippen LogP contribution in [0.2, 0.25) is 0 Å². The summed E-state index contributed by atoms with van der Waals surface area (Å²) in [6.45, 7) is 0.741. The van der Waals surface area contributed by atoms with Crippen LogP contribution in [0, 0.1) is 0 Å². The molecule has 0 N–H and O–H groups in total. The molecule has 3 aromatic rings. The highest BCUT2D eigenvalue weighted by Crippen LogP contribution is 2.38. The molecule has 1 unspecified atom stereocenters. The summed E-state index contributed by atoms with van der Waals surface area (Å²) < 4.78 is 0. The van der Waals surface area contributed by atoms with Gasteiger partial charge in [-0.15, -0.1) is 22.7 Å². The zero-order valence-corrected chi connectivity index (χ0v) is 16.6. The molecule has 3 heterocycles. The van der Waals surface area contributed by atoms with E-state index in [0.717, 1.165) is 23.4 Å². The molecule has 1 aliphatic rings. The van der Waals surface area contributed by atoms with Crippen LogP contribution in [0.1, 0.15) is 51.0 Å². The van der Waals surface area contributed by atoms with Crippen molar-refractivity contribution in [2.45, 2.75) is 31.7 Å². The number of thiophene rings is 2. The Morgan fingerprint density at radius 1 is 0.963 bits per heavy atom. The minimum absolute atomic E-state index is 0.0123. The largest absolute Gasteiger partial charge is 0.331 e. The van der Waals surface area contributed by atoms with Crippen LogP contribution < -0.4 is 0 Å². The lowest BCUT2D eigenvalue weighted by Gasteiger charge is -2.36. The first-order valence-electron chi connectivity index (χ1n) is 9.21. The van der Waals surface area contributed by atoms with E-state index >= 15 is 0 Å². The third-order valence-electron chi connectivity index (χ3n) is 4.99. The van der Waals surface area contributed by atoms with Crippen LogP contribution in [0.5, 0.6) is 0 Å². The second kappa shape index (κ2) is 8.19. The number of carbonyl (C=O) groups excluding carboxylic acids is 2. The van der Waals surface area contributed by atoms with E-state index in [-0.39, 0.29) is 17.7 Å². The van der Waals surface area contributed by atoms with E-state index in [1.165, 1.54) is 21.8 Å². The number of hydrogen-bond acceptors (Lipinski definition) is 4. The van der Waals surface area contributed by atoms with Gasteiger partial charge in [0, 0.05) is 24.3 Å². The fourth-order valence-corrected chi connectivity index (χ4v) is 5.28. The predicted molar refractivity (Wildman–Crippen MR) is 111 cm³/mol. The molecule has 2 aromatic heterocycles. The molecule has 3 nitrogen and oxygen atoms in total. The SMILES string of the molecule is O=C(CCCC(=O)N1CCc2sccc2C1c1ccccc1)c1cccs1. The number of amides is 1. The topological polar surface area (TPSA) is 37.4 Å². The number of nitrogens with zero attached hydrogens (tertiary/aromatic N) is 1. The van der Waals surface area contributed by atoms with E-state index in [9.17, 15) is 9.59 Å². The van der Waals surface area contributed by atoms with Gasteiger partial charge in [-0.25, -0.2) is 0 Å². The summed E-state index contributed by atoms with van der Waals surface area (Å²) in [4.78, 5) is 29.3. The first kappa shape index (κ1) is 18.1. The van der Waals surface area contributed by atoms with Gasteiger partial charge in [-0.1, -0.05) is 36.4 Å². The van der Waals surface area contributed by atoms with Crippen LogP contribution in [-0.4, -0.2) is 23.1 Å². The lowest BCUT2D eigenvalue weighted by atomic mass is 9.93. The highest BCUT2D eigenvalue weighted by atomic mass is 32.1. The summed E-state index contributed by atoms with van der Waals surface area (Å²) in [5, 5.41) is 4.03. The molecule has 0 radical (unpaired) electrons. The molecule has 0 aliphatic carbocycles. The Hall–Kier alpha value is -2.24. The van der Waals surface area contributed by atoms with Crippen molar-refractivity contribution in [3.63, 3.8) is 0 Å². The summed E-state index contributed by atoms with van der Waals surface area (Å²) >= 11 is 3.24. The summed E-state index contributed by atoms with van der Waals surface area (Å²) in [5.41, 5.74) is 2.40. The van der Waals surface area contributed by atoms with Crippen molar-refractivity contribution in [1.82, 2.24) is 4.90 Å². The molecule has 0 spiro atoms. The summed E-state index contributed by atoms with van der Waals surface area (Å²) in [6, 6.07) is 16.1. The second-order valence-corrected chi connectivity index (χ2v) is 8.65. The van der Waals surface area contributed by atoms with E-state index in [0.29, 0.717) is 19.3 Å². The molecule has 138 valence electrons. The maximum atomic E-state index is 13.0. The Morgan fingerprint density at radius 2 is 1.81 bits per heavy atom. The molecule has 0 saturated carbocycles. The number of hydrogen-bond donors (Lipinski definition) is 0. The third kappa shape index (κ3) is 3.89. The second-order valence-electron chi connectivity index (χ2n) is 6.70. The van der Waals surface area contributed by atoms with Crippen LogP contribution in [0.15, 0.2) is 59.3 Å². The fraction of sp³-hybridized carbons (Fsp3) is 0.273. The van der Waals surface area contributed by atoms with Gasteiger partial charge in [0.15, 0.2) is 5.78 Å². The Labute approximate surface area is 167 Å². The molecule has 0 bridgehead atoms. The van der Waals surface area contributed by atoms with Gasteiger partial charge in [-0.2, -0.15) is 0 Å². The van der Waals surface area contributed by atoms with Crippen LogP contribution in [0.3, 0.4) is 0 Å². The number of carbonyl (C=O) groups is 2. The minimum atomic E-state index is -0.0123. The molecule has 4 rings (SSSR count). The molecule has 1 amide bonds. The van der Waals surface area contributed by atoms with Gasteiger partial charge in [0.2, 0.25) is 5.91 Å². The third-order valence-corrected chi connectivity index (χ3v) is 6.90. The van der Waals surface area contributed by atoms with Crippen LogP contribution in [0.25, 0.3) is 0 Å². The standard InChI is InChI=1S/C22H21NO2S2/c24-18(20-9-5-14-26-20)8-4-10-21(25)23-13-11-19-17(12-15-27-19)22(23)16-6-2-1-3-7-16/h1-3,5-7,9,12,14-15,22H,4,8,10-11,13H2. The molecule has 5 heteroatoms. The Kier molecular flexibility index (Phi) is 5.50. The maximum Gasteiger partial charge on any atom is 0.223 e. The van der Waals surface area contributed by atoms with Gasteiger partial charge >= 0.3 is 0 Å². The zero-order chi connectivity index (χ0) is 18.6. The number of benzene rings is 1. The van der Waals surface area contributed by atoms with E-state index in [1.807, 2.05) is 40.6 Å². The van der Waals surface area contributed by atoms with Crippen molar-refractivity contribution in [2.24, 2.45) is 0 Å². The fourth-order valence-electron chi connectivity index (χ4n) is 3.68. The van der Waals surface area contributed by atoms with E-state index in [2.05, 4.69) is 23.6 Å².